The van der Waals surface area contributed by atoms with E-state index in [1.54, 1.807) is 0 Å². The summed E-state index contributed by atoms with van der Waals surface area (Å²) in [6.07, 6.45) is 4.05. The quantitative estimate of drug-likeness (QED) is 0.111. The minimum atomic E-state index is -0.840. The van der Waals surface area contributed by atoms with Gasteiger partial charge in [-0.3, -0.25) is 9.59 Å². The molecule has 0 fully saturated rings. The van der Waals surface area contributed by atoms with Gasteiger partial charge in [0, 0.05) is 50.2 Å². The third kappa shape index (κ3) is 16.1. The molecule has 228 valence electrons. The molecule has 0 spiro atoms. The van der Waals surface area contributed by atoms with Crippen LogP contribution >= 0.6 is 0 Å². The Morgan fingerprint density at radius 1 is 0.651 bits per heavy atom. The Kier molecular flexibility index (Phi) is 21.2. The number of rotatable bonds is 8. The molecule has 0 radical (unpaired) electrons. The van der Waals surface area contributed by atoms with E-state index < -0.39 is 23.3 Å². The Labute approximate surface area is 267 Å². The molecule has 0 N–H and O–H groups in total. The molecule has 2 amide bonds. The van der Waals surface area contributed by atoms with E-state index in [4.69, 9.17) is 0 Å². The van der Waals surface area contributed by atoms with Gasteiger partial charge in [-0.1, -0.05) is 26.7 Å². The number of anilines is 2. The predicted octanol–water partition coefficient (Wildman–Crippen LogP) is 8.64. The predicted molar refractivity (Wildman–Crippen MR) is 160 cm³/mol. The maximum atomic E-state index is 13.3. The average molecular weight is 631 g/mol. The summed E-state index contributed by atoms with van der Waals surface area (Å²) in [5, 5.41) is 0. The van der Waals surface area contributed by atoms with E-state index >= 15 is 0 Å². The van der Waals surface area contributed by atoms with E-state index in [1.807, 2.05) is 86.6 Å². The topological polar surface area (TPSA) is 40.6 Å². The van der Waals surface area contributed by atoms with Crippen LogP contribution in [0.2, 0.25) is 0 Å². The van der Waals surface area contributed by atoms with Gasteiger partial charge in [-0.15, -0.1) is 36.4 Å². The van der Waals surface area contributed by atoms with E-state index in [0.717, 1.165) is 37.8 Å². The standard InChI is InChI=1S/2C12H14F2NO.2C5H5.Ti/c2*1-3-4-5-12(16)15(2)11-7-6-9(13)8-10(11)14;2*1-2-4-5-3-1;/h2*6-7H,3-5H2,1-2H3;2*1-5H;/q4*-1;+4. The molecule has 0 saturated carbocycles. The van der Waals surface area contributed by atoms with Crippen molar-refractivity contribution in [3.8, 4) is 0 Å². The SMILES string of the molecule is CCCCC(=O)N(C)c1ccc(F)[c-]c1F.CCCCC(=O)N(C)c1ccc(F)[c-]c1F.[Ti+4].c1cc[cH-]c1.c1cc[cH-]c1. The number of carbonyl (C=O) groups excluding carboxylic acids is 2. The molecule has 4 aromatic carbocycles. The van der Waals surface area contributed by atoms with Crippen LogP contribution in [0.25, 0.3) is 0 Å². The molecule has 0 unspecified atom stereocenters. The van der Waals surface area contributed by atoms with Crippen LogP contribution in [0.15, 0.2) is 84.9 Å². The Morgan fingerprint density at radius 2 is 0.977 bits per heavy atom. The van der Waals surface area contributed by atoms with Gasteiger partial charge in [-0.25, -0.2) is 41.8 Å². The van der Waals surface area contributed by atoms with Gasteiger partial charge in [0.2, 0.25) is 11.8 Å². The molecule has 0 aliphatic rings. The number of halogens is 4. The molecule has 4 aromatic rings. The number of hydrogen-bond acceptors (Lipinski definition) is 2. The van der Waals surface area contributed by atoms with Crippen LogP contribution in [0.1, 0.15) is 52.4 Å². The number of nitrogens with zero attached hydrogens (tertiary/aromatic N) is 2. The fraction of sp³-hybridized carbons (Fsp3) is 0.294. The fourth-order valence-electron chi connectivity index (χ4n) is 3.29. The van der Waals surface area contributed by atoms with Crippen molar-refractivity contribution in [2.24, 2.45) is 0 Å². The summed E-state index contributed by atoms with van der Waals surface area (Å²) in [7, 11) is 2.95. The van der Waals surface area contributed by atoms with Gasteiger partial charge < -0.3 is 9.80 Å². The van der Waals surface area contributed by atoms with E-state index in [9.17, 15) is 27.2 Å². The molecule has 0 aromatic heterocycles. The maximum Gasteiger partial charge on any atom is 4.00 e. The number of benzene rings is 2. The third-order valence-corrected chi connectivity index (χ3v) is 5.75. The van der Waals surface area contributed by atoms with E-state index in [0.29, 0.717) is 12.8 Å². The molecule has 9 heteroatoms. The average Bonchev–Trinajstić information content (AvgIpc) is 3.74. The van der Waals surface area contributed by atoms with Crippen LogP contribution in [0.5, 0.6) is 0 Å². The van der Waals surface area contributed by atoms with Crippen molar-refractivity contribution in [2.75, 3.05) is 23.9 Å². The molecule has 0 heterocycles. The first-order valence-electron chi connectivity index (χ1n) is 13.7. The van der Waals surface area contributed by atoms with Gasteiger partial charge in [0.25, 0.3) is 0 Å². The van der Waals surface area contributed by atoms with E-state index in [-0.39, 0.29) is 44.9 Å². The van der Waals surface area contributed by atoms with Gasteiger partial charge in [0.1, 0.15) is 0 Å². The van der Waals surface area contributed by atoms with Gasteiger partial charge in [-0.2, -0.15) is 36.4 Å². The van der Waals surface area contributed by atoms with Crippen LogP contribution in [0.4, 0.5) is 28.9 Å². The molecule has 4 rings (SSSR count). The zero-order valence-corrected chi connectivity index (χ0v) is 26.6. The Balaban J connectivity index is 0.000000608. The van der Waals surface area contributed by atoms with Crippen LogP contribution in [-0.2, 0) is 31.3 Å². The van der Waals surface area contributed by atoms with E-state index in [2.05, 4.69) is 0 Å². The van der Waals surface area contributed by atoms with Crippen LogP contribution in [-0.4, -0.2) is 25.9 Å². The molecular formula is C34H38F4N2O2Ti. The largest absolute Gasteiger partial charge is 4.00 e. The van der Waals surface area contributed by atoms with Crippen LogP contribution in [0, 0.1) is 35.4 Å². The molecule has 43 heavy (non-hydrogen) atoms. The molecule has 0 aliphatic carbocycles. The Morgan fingerprint density at radius 3 is 1.21 bits per heavy atom. The van der Waals surface area contributed by atoms with Crippen molar-refractivity contribution in [3.63, 3.8) is 0 Å². The normalized spacial score (nSPS) is 9.49. The van der Waals surface area contributed by atoms with Gasteiger partial charge in [-0.05, 0) is 24.2 Å². The summed E-state index contributed by atoms with van der Waals surface area (Å²) in [6.45, 7) is 3.94. The minimum absolute atomic E-state index is 0. The number of carbonyl (C=O) groups is 2. The van der Waals surface area contributed by atoms with Gasteiger partial charge in [0.05, 0.1) is 0 Å². The van der Waals surface area contributed by atoms with Crippen molar-refractivity contribution in [1.29, 1.82) is 0 Å². The zero-order chi connectivity index (χ0) is 31.3. The van der Waals surface area contributed by atoms with Crippen molar-refractivity contribution in [2.45, 2.75) is 52.4 Å². The molecule has 0 saturated heterocycles. The number of amides is 2. The monoisotopic (exact) mass is 630 g/mol. The van der Waals surface area contributed by atoms with Crippen LogP contribution < -0.4 is 9.80 Å². The number of unbranched alkanes of at least 4 members (excludes halogenated alkanes) is 2. The smallest absolute Gasteiger partial charge is 0.366 e. The summed E-state index contributed by atoms with van der Waals surface area (Å²) in [5.74, 6) is -3.58. The first kappa shape index (κ1) is 39.5. The Bertz CT molecular complexity index is 1150. The summed E-state index contributed by atoms with van der Waals surface area (Å²) in [5.41, 5.74) is 0.116. The molecule has 0 aliphatic heterocycles. The summed E-state index contributed by atoms with van der Waals surface area (Å²) < 4.78 is 51.8. The second-order valence-electron chi connectivity index (χ2n) is 9.05. The van der Waals surface area contributed by atoms with Crippen molar-refractivity contribution >= 4 is 23.2 Å². The van der Waals surface area contributed by atoms with Gasteiger partial charge in [0.15, 0.2) is 0 Å². The fourth-order valence-corrected chi connectivity index (χ4v) is 3.29. The van der Waals surface area contributed by atoms with Gasteiger partial charge >= 0.3 is 21.7 Å². The zero-order valence-electron chi connectivity index (χ0n) is 25.0. The third-order valence-electron chi connectivity index (χ3n) is 5.75. The molecular weight excluding hydrogens is 592 g/mol. The molecule has 0 atom stereocenters. The maximum absolute atomic E-state index is 13.3. The summed E-state index contributed by atoms with van der Waals surface area (Å²) in [6, 6.07) is 28.5. The second kappa shape index (κ2) is 23.0. The van der Waals surface area contributed by atoms with Crippen LogP contribution in [0.3, 0.4) is 0 Å². The second-order valence-corrected chi connectivity index (χ2v) is 9.05. The molecule has 0 bridgehead atoms. The van der Waals surface area contributed by atoms with Crippen molar-refractivity contribution in [1.82, 2.24) is 0 Å². The summed E-state index contributed by atoms with van der Waals surface area (Å²) in [4.78, 5) is 25.6. The van der Waals surface area contributed by atoms with Crippen molar-refractivity contribution in [3.05, 3.63) is 120 Å². The van der Waals surface area contributed by atoms with Crippen molar-refractivity contribution < 1.29 is 48.9 Å². The Hall–Kier alpha value is -3.49. The summed E-state index contributed by atoms with van der Waals surface area (Å²) >= 11 is 0. The minimum Gasteiger partial charge on any atom is -0.366 e. The first-order chi connectivity index (χ1) is 20.1. The first-order valence-corrected chi connectivity index (χ1v) is 13.7. The van der Waals surface area contributed by atoms with E-state index in [1.165, 1.54) is 36.0 Å². The number of hydrogen-bond donors (Lipinski definition) is 0. The molecule has 4 nitrogen and oxygen atoms in total.